The van der Waals surface area contributed by atoms with Crippen LogP contribution >= 0.6 is 0 Å². The molecule has 2 rings (SSSR count). The van der Waals surface area contributed by atoms with Crippen LogP contribution in [0.4, 0.5) is 0 Å². The van der Waals surface area contributed by atoms with Crippen LogP contribution in [0.25, 0.3) is 11.2 Å². The number of ether oxygens (including phenoxy) is 1. The summed E-state index contributed by atoms with van der Waals surface area (Å²) in [5.41, 5.74) is 2.97. The van der Waals surface area contributed by atoms with Gasteiger partial charge >= 0.3 is 5.97 Å². The third-order valence-electron chi connectivity index (χ3n) is 2.48. The zero-order chi connectivity index (χ0) is 12.4. The molecule has 0 aliphatic rings. The normalized spacial score (nSPS) is 10.5. The van der Waals surface area contributed by atoms with Crippen molar-refractivity contribution in [3.63, 3.8) is 0 Å². The number of rotatable bonds is 3. The van der Waals surface area contributed by atoms with E-state index in [2.05, 4.69) is 11.6 Å². The highest BCUT2D eigenvalue weighted by Gasteiger charge is 2.13. The fraction of sp³-hybridized carbons (Fsp3) is 0.231. The summed E-state index contributed by atoms with van der Waals surface area (Å²) in [5, 5.41) is 0. The van der Waals surface area contributed by atoms with Crippen LogP contribution in [0.3, 0.4) is 0 Å². The molecule has 88 valence electrons. The predicted octanol–water partition coefficient (Wildman–Crippen LogP) is 2.54. The average molecular weight is 230 g/mol. The highest BCUT2D eigenvalue weighted by Crippen LogP contribution is 2.17. The molecule has 17 heavy (non-hydrogen) atoms. The van der Waals surface area contributed by atoms with Gasteiger partial charge in [0.25, 0.3) is 0 Å². The minimum atomic E-state index is -0.349. The fourth-order valence-electron chi connectivity index (χ4n) is 1.63. The second kappa shape index (κ2) is 4.41. The highest BCUT2D eigenvalue weighted by molar-refractivity contribution is 5.89. The molecular weight excluding hydrogens is 216 g/mol. The van der Waals surface area contributed by atoms with E-state index < -0.39 is 0 Å². The smallest absolute Gasteiger partial charge is 0.355 e. The highest BCUT2D eigenvalue weighted by atomic mass is 16.5. The van der Waals surface area contributed by atoms with Gasteiger partial charge in [-0.15, -0.1) is 0 Å². The average Bonchev–Trinajstić information content (AvgIpc) is 2.75. The van der Waals surface area contributed by atoms with E-state index in [1.165, 1.54) is 0 Å². The lowest BCUT2D eigenvalue weighted by Crippen LogP contribution is -2.10. The molecule has 0 bridgehead atoms. The zero-order valence-corrected chi connectivity index (χ0v) is 9.93. The van der Waals surface area contributed by atoms with Gasteiger partial charge in [-0.05, 0) is 31.5 Å². The number of carbonyl (C=O) groups excluding carboxylic acids is 1. The van der Waals surface area contributed by atoms with Crippen LogP contribution in [-0.2, 0) is 4.74 Å². The molecule has 2 aromatic heterocycles. The third-order valence-corrected chi connectivity index (χ3v) is 2.48. The molecule has 0 unspecified atom stereocenters. The predicted molar refractivity (Wildman–Crippen MR) is 65.9 cm³/mol. The second-order valence-corrected chi connectivity index (χ2v) is 3.79. The van der Waals surface area contributed by atoms with Gasteiger partial charge in [0.1, 0.15) is 11.3 Å². The third kappa shape index (κ3) is 2.06. The summed E-state index contributed by atoms with van der Waals surface area (Å²) in [5.74, 6) is -0.349. The molecule has 0 atom stereocenters. The van der Waals surface area contributed by atoms with Gasteiger partial charge in [-0.25, -0.2) is 9.78 Å². The largest absolute Gasteiger partial charge is 0.461 e. The van der Waals surface area contributed by atoms with Gasteiger partial charge in [-0.3, -0.25) is 4.40 Å². The summed E-state index contributed by atoms with van der Waals surface area (Å²) in [6.45, 7) is 7.90. The molecule has 0 saturated heterocycles. The number of esters is 1. The lowest BCUT2D eigenvalue weighted by Gasteiger charge is -2.08. The Morgan fingerprint density at radius 3 is 2.94 bits per heavy atom. The number of aromatic nitrogens is 2. The number of allylic oxidation sites excluding steroid dienone is 1. The maximum atomic E-state index is 11.8. The number of hydrogen-bond acceptors (Lipinski definition) is 3. The van der Waals surface area contributed by atoms with Crippen molar-refractivity contribution in [3.05, 3.63) is 42.4 Å². The van der Waals surface area contributed by atoms with Crippen molar-refractivity contribution >= 4 is 17.2 Å². The summed E-state index contributed by atoms with van der Waals surface area (Å²) in [7, 11) is 0. The van der Waals surface area contributed by atoms with E-state index in [1.807, 2.05) is 13.0 Å². The topological polar surface area (TPSA) is 43.6 Å². The summed E-state index contributed by atoms with van der Waals surface area (Å²) in [4.78, 5) is 16.0. The zero-order valence-electron chi connectivity index (χ0n) is 9.93. The standard InChI is InChI=1S/C13H14N2O2/c1-4-17-13(16)11-7-10(9(2)3)8-12-14-5-6-15(11)12/h5-8H,2,4H2,1,3H3. The molecule has 4 nitrogen and oxygen atoms in total. The van der Waals surface area contributed by atoms with Crippen molar-refractivity contribution in [2.45, 2.75) is 13.8 Å². The Morgan fingerprint density at radius 2 is 2.29 bits per heavy atom. The van der Waals surface area contributed by atoms with E-state index >= 15 is 0 Å². The van der Waals surface area contributed by atoms with Crippen LogP contribution in [0, 0.1) is 0 Å². The Labute approximate surface area is 99.5 Å². The molecule has 4 heteroatoms. The first kappa shape index (κ1) is 11.4. The van der Waals surface area contributed by atoms with Gasteiger partial charge in [-0.1, -0.05) is 12.2 Å². The van der Waals surface area contributed by atoms with E-state index in [9.17, 15) is 4.79 Å². The van der Waals surface area contributed by atoms with Crippen LogP contribution in [0.5, 0.6) is 0 Å². The summed E-state index contributed by atoms with van der Waals surface area (Å²) < 4.78 is 6.74. The number of hydrogen-bond donors (Lipinski definition) is 0. The van der Waals surface area contributed by atoms with E-state index in [0.29, 0.717) is 17.9 Å². The maximum Gasteiger partial charge on any atom is 0.355 e. The molecule has 0 radical (unpaired) electrons. The van der Waals surface area contributed by atoms with Crippen LogP contribution in [0.2, 0.25) is 0 Å². The van der Waals surface area contributed by atoms with Crippen LogP contribution < -0.4 is 0 Å². The van der Waals surface area contributed by atoms with E-state index in [-0.39, 0.29) is 5.97 Å². The summed E-state index contributed by atoms with van der Waals surface area (Å²) in [6, 6.07) is 3.67. The SMILES string of the molecule is C=C(C)c1cc(C(=O)OCC)n2ccnc2c1. The molecule has 0 N–H and O–H groups in total. The van der Waals surface area contributed by atoms with E-state index in [1.54, 1.807) is 29.8 Å². The first-order chi connectivity index (χ1) is 8.13. The van der Waals surface area contributed by atoms with Gasteiger partial charge in [0.05, 0.1) is 6.61 Å². The first-order valence-electron chi connectivity index (χ1n) is 5.43. The van der Waals surface area contributed by atoms with E-state index in [4.69, 9.17) is 4.74 Å². The monoisotopic (exact) mass is 230 g/mol. The summed E-state index contributed by atoms with van der Waals surface area (Å²) >= 11 is 0. The van der Waals surface area contributed by atoms with Gasteiger partial charge in [-0.2, -0.15) is 0 Å². The molecular formula is C13H14N2O2. The van der Waals surface area contributed by atoms with Crippen molar-refractivity contribution in [1.82, 2.24) is 9.38 Å². The Hall–Kier alpha value is -2.10. The minimum Gasteiger partial charge on any atom is -0.461 e. The molecule has 0 aliphatic carbocycles. The number of pyridine rings is 1. The fourth-order valence-corrected chi connectivity index (χ4v) is 1.63. The van der Waals surface area contributed by atoms with Crippen molar-refractivity contribution in [2.24, 2.45) is 0 Å². The quantitative estimate of drug-likeness (QED) is 0.761. The molecule has 2 heterocycles. The Bertz CT molecular complexity index is 584. The Kier molecular flexibility index (Phi) is 2.95. The van der Waals surface area contributed by atoms with Crippen molar-refractivity contribution in [1.29, 1.82) is 0 Å². The molecule has 0 spiro atoms. The summed E-state index contributed by atoms with van der Waals surface area (Å²) in [6.07, 6.45) is 3.39. The molecule has 0 amide bonds. The van der Waals surface area contributed by atoms with Crippen molar-refractivity contribution in [3.8, 4) is 0 Å². The second-order valence-electron chi connectivity index (χ2n) is 3.79. The molecule has 0 aliphatic heterocycles. The molecule has 0 fully saturated rings. The minimum absolute atomic E-state index is 0.349. The molecule has 0 saturated carbocycles. The van der Waals surface area contributed by atoms with Crippen LogP contribution in [0.1, 0.15) is 29.9 Å². The van der Waals surface area contributed by atoms with Gasteiger partial charge in [0.2, 0.25) is 0 Å². The van der Waals surface area contributed by atoms with Crippen LogP contribution in [0.15, 0.2) is 31.1 Å². The van der Waals surface area contributed by atoms with Crippen LogP contribution in [-0.4, -0.2) is 22.0 Å². The van der Waals surface area contributed by atoms with E-state index in [0.717, 1.165) is 11.1 Å². The van der Waals surface area contributed by atoms with Gasteiger partial charge in [0, 0.05) is 12.4 Å². The van der Waals surface area contributed by atoms with Crippen molar-refractivity contribution < 1.29 is 9.53 Å². The molecule has 0 aromatic carbocycles. The number of nitrogens with zero attached hydrogens (tertiary/aromatic N) is 2. The number of fused-ring (bicyclic) bond motifs is 1. The van der Waals surface area contributed by atoms with Crippen molar-refractivity contribution in [2.75, 3.05) is 6.61 Å². The Morgan fingerprint density at radius 1 is 1.53 bits per heavy atom. The Balaban J connectivity index is 2.62. The molecule has 2 aromatic rings. The lowest BCUT2D eigenvalue weighted by atomic mass is 10.1. The number of imidazole rings is 1. The lowest BCUT2D eigenvalue weighted by molar-refractivity contribution is 0.0517. The van der Waals surface area contributed by atoms with Gasteiger partial charge < -0.3 is 4.74 Å². The van der Waals surface area contributed by atoms with Gasteiger partial charge in [0.15, 0.2) is 0 Å². The number of carbonyl (C=O) groups is 1. The maximum absolute atomic E-state index is 11.8. The first-order valence-corrected chi connectivity index (χ1v) is 5.43.